The number of methoxy groups -OCH3 is 6. The average molecular weight is 386 g/mol. The number of hydrogen-bond donors (Lipinski definition) is 0. The van der Waals surface area contributed by atoms with Crippen LogP contribution in [0.25, 0.3) is 12.2 Å². The second-order valence-electron chi connectivity index (χ2n) is 5.57. The normalized spacial score (nSPS) is 10.9. The Bertz CT molecular complexity index is 783. The van der Waals surface area contributed by atoms with Gasteiger partial charge in [0.25, 0.3) is 0 Å². The minimum Gasteiger partial charge on any atom is -0.493 e. The molecule has 2 rings (SSSR count). The maximum Gasteiger partial charge on any atom is 0.203 e. The summed E-state index contributed by atoms with van der Waals surface area (Å²) in [5.74, 6) is 3.55. The van der Waals surface area contributed by atoms with Gasteiger partial charge in [-0.25, -0.2) is 0 Å². The van der Waals surface area contributed by atoms with Gasteiger partial charge in [-0.2, -0.15) is 0 Å². The molecule has 0 spiro atoms. The van der Waals surface area contributed by atoms with Crippen LogP contribution < -0.4 is 28.4 Å². The number of ether oxygens (including phenoxy) is 6. The lowest BCUT2D eigenvalue weighted by Crippen LogP contribution is -1.96. The van der Waals surface area contributed by atoms with Gasteiger partial charge in [-0.05, 0) is 24.3 Å². The second-order valence-corrected chi connectivity index (χ2v) is 5.57. The monoisotopic (exact) mass is 386 g/mol. The van der Waals surface area contributed by atoms with Crippen molar-refractivity contribution in [2.24, 2.45) is 0 Å². The van der Waals surface area contributed by atoms with Crippen molar-refractivity contribution in [3.8, 4) is 34.5 Å². The SMILES string of the molecule is COc1ccc(/C=C/C=C/c2ccc(OC)c(OC)c2OC)c(OC)c1OC. The number of rotatable bonds is 9. The molecule has 0 saturated carbocycles. The van der Waals surface area contributed by atoms with Crippen LogP contribution in [0.2, 0.25) is 0 Å². The molecule has 0 aromatic heterocycles. The highest BCUT2D eigenvalue weighted by Gasteiger charge is 2.15. The van der Waals surface area contributed by atoms with Gasteiger partial charge >= 0.3 is 0 Å². The highest BCUT2D eigenvalue weighted by molar-refractivity contribution is 5.70. The van der Waals surface area contributed by atoms with E-state index in [0.29, 0.717) is 34.5 Å². The highest BCUT2D eigenvalue weighted by Crippen LogP contribution is 2.41. The van der Waals surface area contributed by atoms with E-state index in [1.165, 1.54) is 0 Å². The minimum atomic E-state index is 0.553. The molecule has 0 radical (unpaired) electrons. The van der Waals surface area contributed by atoms with Crippen molar-refractivity contribution in [3.63, 3.8) is 0 Å². The third kappa shape index (κ3) is 4.34. The van der Waals surface area contributed by atoms with Crippen LogP contribution in [0.5, 0.6) is 34.5 Å². The summed E-state index contributed by atoms with van der Waals surface area (Å²) < 4.78 is 32.4. The first-order valence-electron chi connectivity index (χ1n) is 8.57. The van der Waals surface area contributed by atoms with Crippen molar-refractivity contribution in [3.05, 3.63) is 47.5 Å². The van der Waals surface area contributed by atoms with E-state index in [-0.39, 0.29) is 0 Å². The Labute approximate surface area is 165 Å². The summed E-state index contributed by atoms with van der Waals surface area (Å²) in [6, 6.07) is 7.48. The van der Waals surface area contributed by atoms with Crippen LogP contribution in [-0.2, 0) is 0 Å². The smallest absolute Gasteiger partial charge is 0.203 e. The van der Waals surface area contributed by atoms with E-state index >= 15 is 0 Å². The summed E-state index contributed by atoms with van der Waals surface area (Å²) in [6.45, 7) is 0. The van der Waals surface area contributed by atoms with Crippen molar-refractivity contribution in [1.82, 2.24) is 0 Å². The number of hydrogen-bond acceptors (Lipinski definition) is 6. The summed E-state index contributed by atoms with van der Waals surface area (Å²) in [6.07, 6.45) is 7.65. The molecule has 0 saturated heterocycles. The first-order chi connectivity index (χ1) is 13.6. The van der Waals surface area contributed by atoms with Gasteiger partial charge in [0.1, 0.15) is 0 Å². The van der Waals surface area contributed by atoms with Crippen molar-refractivity contribution in [2.45, 2.75) is 0 Å². The maximum atomic E-state index is 5.49. The molecule has 0 fully saturated rings. The number of allylic oxidation sites excluding steroid dienone is 2. The van der Waals surface area contributed by atoms with Gasteiger partial charge in [-0.3, -0.25) is 0 Å². The van der Waals surface area contributed by atoms with E-state index in [2.05, 4.69) is 0 Å². The lowest BCUT2D eigenvalue weighted by atomic mass is 10.1. The van der Waals surface area contributed by atoms with Crippen LogP contribution in [0.3, 0.4) is 0 Å². The van der Waals surface area contributed by atoms with Crippen molar-refractivity contribution in [2.75, 3.05) is 42.7 Å². The van der Waals surface area contributed by atoms with Crippen LogP contribution >= 0.6 is 0 Å². The van der Waals surface area contributed by atoms with Gasteiger partial charge in [0.15, 0.2) is 23.0 Å². The third-order valence-electron chi connectivity index (χ3n) is 4.13. The molecule has 6 heteroatoms. The van der Waals surface area contributed by atoms with Gasteiger partial charge in [-0.1, -0.05) is 24.3 Å². The third-order valence-corrected chi connectivity index (χ3v) is 4.13. The first kappa shape index (κ1) is 21.0. The van der Waals surface area contributed by atoms with Crippen molar-refractivity contribution in [1.29, 1.82) is 0 Å². The van der Waals surface area contributed by atoms with E-state index in [1.54, 1.807) is 42.7 Å². The minimum absolute atomic E-state index is 0.553. The molecule has 0 unspecified atom stereocenters. The number of benzene rings is 2. The zero-order chi connectivity index (χ0) is 20.5. The van der Waals surface area contributed by atoms with Crippen molar-refractivity contribution >= 4 is 12.2 Å². The first-order valence-corrected chi connectivity index (χ1v) is 8.57. The predicted octanol–water partition coefficient (Wildman–Crippen LogP) is 4.46. The van der Waals surface area contributed by atoms with Crippen LogP contribution in [0.15, 0.2) is 36.4 Å². The van der Waals surface area contributed by atoms with Gasteiger partial charge < -0.3 is 28.4 Å². The Morgan fingerprint density at radius 1 is 0.464 bits per heavy atom. The molecule has 0 amide bonds. The zero-order valence-electron chi connectivity index (χ0n) is 17.1. The molecule has 0 aliphatic rings. The van der Waals surface area contributed by atoms with Crippen LogP contribution in [0, 0.1) is 0 Å². The fourth-order valence-corrected chi connectivity index (χ4v) is 2.83. The Morgan fingerprint density at radius 2 is 0.821 bits per heavy atom. The summed E-state index contributed by atoms with van der Waals surface area (Å²) in [5, 5.41) is 0. The molecule has 2 aromatic rings. The lowest BCUT2D eigenvalue weighted by molar-refractivity contribution is 0.324. The Balaban J connectivity index is 2.32. The summed E-state index contributed by atoms with van der Waals surface area (Å²) in [7, 11) is 9.53. The lowest BCUT2D eigenvalue weighted by Gasteiger charge is -2.14. The maximum absolute atomic E-state index is 5.49. The molecular formula is C22H26O6. The van der Waals surface area contributed by atoms with Crippen molar-refractivity contribution < 1.29 is 28.4 Å². The highest BCUT2D eigenvalue weighted by atomic mass is 16.5. The topological polar surface area (TPSA) is 55.4 Å². The van der Waals surface area contributed by atoms with Crippen LogP contribution in [0.4, 0.5) is 0 Å². The molecule has 0 atom stereocenters. The van der Waals surface area contributed by atoms with E-state index in [1.807, 2.05) is 48.6 Å². The molecular weight excluding hydrogens is 360 g/mol. The molecule has 28 heavy (non-hydrogen) atoms. The second kappa shape index (κ2) is 10.2. The summed E-state index contributed by atoms with van der Waals surface area (Å²) in [5.41, 5.74) is 1.73. The quantitative estimate of drug-likeness (QED) is 0.593. The standard InChI is InChI=1S/C22H26O6/c1-23-17-13-11-15(19(25-3)21(17)27-5)9-7-8-10-16-12-14-18(24-2)22(28-6)20(16)26-4/h7-14H,1-6H3/b9-7+,10-8+. The molecule has 0 aliphatic carbocycles. The van der Waals surface area contributed by atoms with E-state index in [0.717, 1.165) is 11.1 Å². The fraction of sp³-hybridized carbons (Fsp3) is 0.273. The molecule has 0 N–H and O–H groups in total. The molecule has 150 valence electrons. The fourth-order valence-electron chi connectivity index (χ4n) is 2.83. The summed E-state index contributed by atoms with van der Waals surface area (Å²) >= 11 is 0. The molecule has 2 aromatic carbocycles. The van der Waals surface area contributed by atoms with Gasteiger partial charge in [-0.15, -0.1) is 0 Å². The van der Waals surface area contributed by atoms with Gasteiger partial charge in [0.2, 0.25) is 11.5 Å². The molecule has 0 bridgehead atoms. The zero-order valence-corrected chi connectivity index (χ0v) is 17.1. The molecule has 0 aliphatic heterocycles. The van der Waals surface area contributed by atoms with Crippen LogP contribution in [0.1, 0.15) is 11.1 Å². The van der Waals surface area contributed by atoms with E-state index in [9.17, 15) is 0 Å². The summed E-state index contributed by atoms with van der Waals surface area (Å²) in [4.78, 5) is 0. The Kier molecular flexibility index (Phi) is 7.63. The van der Waals surface area contributed by atoms with E-state index in [4.69, 9.17) is 28.4 Å². The molecule has 6 nitrogen and oxygen atoms in total. The predicted molar refractivity (Wildman–Crippen MR) is 110 cm³/mol. The Morgan fingerprint density at radius 3 is 1.11 bits per heavy atom. The average Bonchev–Trinajstić information content (AvgIpc) is 2.74. The van der Waals surface area contributed by atoms with E-state index < -0.39 is 0 Å². The Hall–Kier alpha value is -3.28. The van der Waals surface area contributed by atoms with Crippen LogP contribution in [-0.4, -0.2) is 42.7 Å². The van der Waals surface area contributed by atoms with Gasteiger partial charge in [0, 0.05) is 11.1 Å². The largest absolute Gasteiger partial charge is 0.493 e. The van der Waals surface area contributed by atoms with Gasteiger partial charge in [0.05, 0.1) is 42.7 Å². The molecule has 0 heterocycles.